The second kappa shape index (κ2) is 8.62. The lowest BCUT2D eigenvalue weighted by Gasteiger charge is -2.55. The van der Waals surface area contributed by atoms with Gasteiger partial charge in [0.25, 0.3) is 0 Å². The van der Waals surface area contributed by atoms with Crippen LogP contribution in [-0.4, -0.2) is 33.0 Å². The van der Waals surface area contributed by atoms with E-state index in [9.17, 15) is 0 Å². The molecule has 4 rings (SSSR count). The minimum atomic E-state index is -0.114. The second-order valence-electron chi connectivity index (χ2n) is 14.9. The zero-order valence-corrected chi connectivity index (χ0v) is 25.2. The predicted molar refractivity (Wildman–Crippen MR) is 156 cm³/mol. The van der Waals surface area contributed by atoms with E-state index >= 15 is 0 Å². The molecule has 1 aliphatic carbocycles. The molecule has 2 heterocycles. The average molecular weight is 489 g/mol. The third-order valence-electron chi connectivity index (χ3n) is 9.32. The van der Waals surface area contributed by atoms with Crippen molar-refractivity contribution in [3.8, 4) is 0 Å². The van der Waals surface area contributed by atoms with Gasteiger partial charge in [0, 0.05) is 40.2 Å². The standard InChI is InChI=1S/C34H52N2/c1-24(2)35-29(30(5,6)22-32(35,9)10)26-18-20-28(21-19-26)34(27-16-14-13-15-17-27)31(7,8)23-33(11,12)36(34)25(3)4/h13-21,24-25,28H,22-23H2,1-12H3/t28?,34-/m0/s1. The maximum atomic E-state index is 2.84. The summed E-state index contributed by atoms with van der Waals surface area (Å²) in [5, 5.41) is 0. The molecule has 0 radical (unpaired) electrons. The molecule has 0 aromatic heterocycles. The number of benzene rings is 1. The van der Waals surface area contributed by atoms with Crippen LogP contribution in [0.1, 0.15) is 101 Å². The summed E-state index contributed by atoms with van der Waals surface area (Å²) < 4.78 is 0. The molecule has 2 saturated heterocycles. The molecule has 2 fully saturated rings. The van der Waals surface area contributed by atoms with Crippen LogP contribution in [0.2, 0.25) is 0 Å². The van der Waals surface area contributed by atoms with E-state index in [1.54, 1.807) is 0 Å². The molecule has 36 heavy (non-hydrogen) atoms. The molecular formula is C34H52N2. The van der Waals surface area contributed by atoms with E-state index in [1.807, 2.05) is 0 Å². The molecule has 0 saturated carbocycles. The quantitative estimate of drug-likeness (QED) is 0.418. The highest BCUT2D eigenvalue weighted by Crippen LogP contribution is 2.63. The Hall–Kier alpha value is -1.80. The van der Waals surface area contributed by atoms with E-state index in [-0.39, 0.29) is 27.4 Å². The molecule has 2 heteroatoms. The lowest BCUT2D eigenvalue weighted by molar-refractivity contribution is -0.0327. The van der Waals surface area contributed by atoms with Gasteiger partial charge >= 0.3 is 0 Å². The molecule has 1 aromatic carbocycles. The normalized spacial score (nSPS) is 30.7. The highest BCUT2D eigenvalue weighted by atomic mass is 15.3. The largest absolute Gasteiger partial charge is 0.366 e. The fourth-order valence-electron chi connectivity index (χ4n) is 9.57. The summed E-state index contributed by atoms with van der Waals surface area (Å²) in [7, 11) is 0. The van der Waals surface area contributed by atoms with Crippen LogP contribution in [0.15, 0.2) is 65.9 Å². The van der Waals surface area contributed by atoms with Gasteiger partial charge in [-0.1, -0.05) is 82.3 Å². The van der Waals surface area contributed by atoms with Gasteiger partial charge in [-0.05, 0) is 84.8 Å². The van der Waals surface area contributed by atoms with E-state index in [1.165, 1.54) is 29.7 Å². The first-order valence-electron chi connectivity index (χ1n) is 14.2. The predicted octanol–water partition coefficient (Wildman–Crippen LogP) is 8.72. The summed E-state index contributed by atoms with van der Waals surface area (Å²) in [5.41, 5.74) is 4.76. The molecule has 2 aliphatic heterocycles. The van der Waals surface area contributed by atoms with Gasteiger partial charge < -0.3 is 4.90 Å². The smallest absolute Gasteiger partial charge is 0.0617 e. The van der Waals surface area contributed by atoms with Crippen molar-refractivity contribution in [2.45, 2.75) is 125 Å². The molecule has 1 atom stereocenters. The van der Waals surface area contributed by atoms with E-state index in [4.69, 9.17) is 0 Å². The van der Waals surface area contributed by atoms with Gasteiger partial charge in [-0.15, -0.1) is 0 Å². The first-order chi connectivity index (χ1) is 16.5. The first kappa shape index (κ1) is 27.2. The Morgan fingerprint density at radius 2 is 1.28 bits per heavy atom. The first-order valence-corrected chi connectivity index (χ1v) is 14.2. The van der Waals surface area contributed by atoms with Crippen LogP contribution < -0.4 is 0 Å². The number of rotatable bonds is 4. The van der Waals surface area contributed by atoms with Crippen LogP contribution in [-0.2, 0) is 5.54 Å². The average Bonchev–Trinajstić information content (AvgIpc) is 3.05. The topological polar surface area (TPSA) is 6.48 Å². The third-order valence-corrected chi connectivity index (χ3v) is 9.32. The van der Waals surface area contributed by atoms with Crippen molar-refractivity contribution >= 4 is 0 Å². The summed E-state index contributed by atoms with van der Waals surface area (Å²) in [6.07, 6.45) is 12.3. The number of likely N-dealkylation sites (tertiary alicyclic amines) is 2. The van der Waals surface area contributed by atoms with Crippen LogP contribution in [0.3, 0.4) is 0 Å². The molecule has 0 spiro atoms. The molecule has 0 amide bonds. The van der Waals surface area contributed by atoms with Gasteiger partial charge in [-0.3, -0.25) is 4.90 Å². The molecule has 0 unspecified atom stereocenters. The second-order valence-corrected chi connectivity index (χ2v) is 14.9. The van der Waals surface area contributed by atoms with Crippen molar-refractivity contribution in [1.29, 1.82) is 0 Å². The fraction of sp³-hybridized carbons (Fsp3) is 0.647. The molecule has 2 nitrogen and oxygen atoms in total. The number of nitrogens with zero attached hydrogens (tertiary/aromatic N) is 2. The summed E-state index contributed by atoms with van der Waals surface area (Å²) in [4.78, 5) is 5.53. The van der Waals surface area contributed by atoms with Crippen LogP contribution in [0.25, 0.3) is 0 Å². The minimum absolute atomic E-state index is 0.102. The SMILES string of the molecule is CC(C)N1C(=C2C=CC([C@]3(c4ccccc4)N(C(C)C)C(C)(C)CC3(C)C)C=C2)C(C)(C)CC1(C)C. The molecule has 3 aliphatic rings. The molecular weight excluding hydrogens is 436 g/mol. The van der Waals surface area contributed by atoms with Crippen molar-refractivity contribution in [2.75, 3.05) is 0 Å². The maximum absolute atomic E-state index is 2.84. The Morgan fingerprint density at radius 1 is 0.722 bits per heavy atom. The van der Waals surface area contributed by atoms with Crippen molar-refractivity contribution in [3.05, 3.63) is 71.5 Å². The van der Waals surface area contributed by atoms with Gasteiger partial charge in [-0.2, -0.15) is 0 Å². The Balaban J connectivity index is 1.90. The molecule has 0 bridgehead atoms. The Morgan fingerprint density at radius 3 is 1.78 bits per heavy atom. The minimum Gasteiger partial charge on any atom is -0.366 e. The number of hydrogen-bond acceptors (Lipinski definition) is 2. The van der Waals surface area contributed by atoms with Gasteiger partial charge in [0.2, 0.25) is 0 Å². The summed E-state index contributed by atoms with van der Waals surface area (Å²) in [5.74, 6) is 0.299. The van der Waals surface area contributed by atoms with Gasteiger partial charge in [-0.25, -0.2) is 0 Å². The van der Waals surface area contributed by atoms with Crippen molar-refractivity contribution in [1.82, 2.24) is 9.80 Å². The van der Waals surface area contributed by atoms with Crippen LogP contribution in [0.5, 0.6) is 0 Å². The summed E-state index contributed by atoms with van der Waals surface area (Å²) in [6, 6.07) is 12.3. The zero-order chi connectivity index (χ0) is 26.9. The van der Waals surface area contributed by atoms with Crippen molar-refractivity contribution in [2.24, 2.45) is 16.7 Å². The molecule has 0 N–H and O–H groups in total. The van der Waals surface area contributed by atoms with E-state index in [0.717, 1.165) is 0 Å². The summed E-state index contributed by atoms with van der Waals surface area (Å²) in [6.45, 7) is 29.1. The Labute approximate surface area is 222 Å². The highest BCUT2D eigenvalue weighted by molar-refractivity contribution is 5.47. The lowest BCUT2D eigenvalue weighted by Crippen LogP contribution is -2.59. The zero-order valence-electron chi connectivity index (χ0n) is 25.2. The number of allylic oxidation sites excluding steroid dienone is 4. The van der Waals surface area contributed by atoms with E-state index < -0.39 is 0 Å². The van der Waals surface area contributed by atoms with Crippen LogP contribution in [0.4, 0.5) is 0 Å². The summed E-state index contributed by atoms with van der Waals surface area (Å²) >= 11 is 0. The van der Waals surface area contributed by atoms with Crippen LogP contribution in [0, 0.1) is 16.7 Å². The maximum Gasteiger partial charge on any atom is 0.0617 e. The van der Waals surface area contributed by atoms with Gasteiger partial charge in [0.15, 0.2) is 0 Å². The monoisotopic (exact) mass is 488 g/mol. The lowest BCUT2D eigenvalue weighted by atomic mass is 9.61. The van der Waals surface area contributed by atoms with Gasteiger partial charge in [0.05, 0.1) is 5.54 Å². The third kappa shape index (κ3) is 3.94. The van der Waals surface area contributed by atoms with E-state index in [2.05, 4.69) is 148 Å². The van der Waals surface area contributed by atoms with Crippen molar-refractivity contribution < 1.29 is 0 Å². The van der Waals surface area contributed by atoms with Gasteiger partial charge in [0.1, 0.15) is 0 Å². The van der Waals surface area contributed by atoms with Crippen molar-refractivity contribution in [3.63, 3.8) is 0 Å². The molecule has 198 valence electrons. The Kier molecular flexibility index (Phi) is 6.52. The highest BCUT2D eigenvalue weighted by Gasteiger charge is 2.64. The Bertz CT molecular complexity index is 1050. The van der Waals surface area contributed by atoms with Crippen LogP contribution >= 0.6 is 0 Å². The molecule has 1 aromatic rings. The number of hydrogen-bond donors (Lipinski definition) is 0. The van der Waals surface area contributed by atoms with E-state index in [0.29, 0.717) is 18.0 Å². The fourth-order valence-corrected chi connectivity index (χ4v) is 9.57.